The van der Waals surface area contributed by atoms with Crippen molar-refractivity contribution in [1.29, 1.82) is 0 Å². The molecular formula is C42H48N6O3. The van der Waals surface area contributed by atoms with Crippen LogP contribution in [-0.4, -0.2) is 66.1 Å². The Hall–Kier alpha value is -4.92. The van der Waals surface area contributed by atoms with Gasteiger partial charge >= 0.3 is 0 Å². The third kappa shape index (κ3) is 6.00. The third-order valence-electron chi connectivity index (χ3n) is 11.5. The normalized spacial score (nSPS) is 21.5. The molecule has 9 nitrogen and oxygen atoms in total. The monoisotopic (exact) mass is 684 g/mol. The summed E-state index contributed by atoms with van der Waals surface area (Å²) < 4.78 is 18.7. The molecule has 3 aliphatic rings. The van der Waals surface area contributed by atoms with Crippen molar-refractivity contribution < 1.29 is 14.2 Å². The average molecular weight is 685 g/mol. The highest BCUT2D eigenvalue weighted by atomic mass is 16.5. The Kier molecular flexibility index (Phi) is 7.64. The molecule has 0 spiro atoms. The summed E-state index contributed by atoms with van der Waals surface area (Å²) in [7, 11) is 0. The average Bonchev–Trinajstić information content (AvgIpc) is 3.53. The Bertz CT molecular complexity index is 1850. The number of benzene rings is 1. The van der Waals surface area contributed by atoms with Crippen molar-refractivity contribution in [3.63, 3.8) is 0 Å². The molecule has 0 bridgehead atoms. The number of pyridine rings is 3. The van der Waals surface area contributed by atoms with Crippen LogP contribution in [0, 0.1) is 0 Å². The predicted octanol–water partition coefficient (Wildman–Crippen LogP) is 8.87. The molecule has 0 saturated carbocycles. The van der Waals surface area contributed by atoms with Crippen molar-refractivity contribution in [2.75, 3.05) is 0 Å². The Morgan fingerprint density at radius 2 is 0.608 bits per heavy atom. The van der Waals surface area contributed by atoms with Crippen molar-refractivity contribution in [3.05, 3.63) is 90.3 Å². The first-order valence-electron chi connectivity index (χ1n) is 17.6. The van der Waals surface area contributed by atoms with Gasteiger partial charge in [0.2, 0.25) is 17.7 Å². The van der Waals surface area contributed by atoms with Crippen LogP contribution in [0.15, 0.2) is 88.2 Å². The van der Waals surface area contributed by atoms with E-state index in [-0.39, 0.29) is 16.6 Å². The Morgan fingerprint density at radius 3 is 0.784 bits per heavy atom. The number of rotatable bonds is 6. The van der Waals surface area contributed by atoms with Crippen LogP contribution >= 0.6 is 0 Å². The first-order chi connectivity index (χ1) is 23.7. The quantitative estimate of drug-likeness (QED) is 0.201. The van der Waals surface area contributed by atoms with Crippen LogP contribution in [0.5, 0.6) is 0 Å². The van der Waals surface area contributed by atoms with Gasteiger partial charge in [0, 0.05) is 35.3 Å². The Labute approximate surface area is 301 Å². The lowest BCUT2D eigenvalue weighted by Gasteiger charge is -2.30. The molecule has 0 aliphatic carbocycles. The fourth-order valence-corrected chi connectivity index (χ4v) is 5.86. The molecule has 1 aromatic carbocycles. The van der Waals surface area contributed by atoms with Crippen LogP contribution in [0.1, 0.15) is 100 Å². The predicted molar refractivity (Wildman–Crippen MR) is 203 cm³/mol. The van der Waals surface area contributed by atoms with E-state index in [0.29, 0.717) is 34.8 Å². The van der Waals surface area contributed by atoms with Crippen molar-refractivity contribution in [3.8, 4) is 33.4 Å². The second-order valence-corrected chi connectivity index (χ2v) is 16.9. The summed E-state index contributed by atoms with van der Waals surface area (Å²) in [5.41, 5.74) is 5.68. The minimum Gasteiger partial charge on any atom is -0.468 e. The van der Waals surface area contributed by atoms with Crippen LogP contribution in [0.4, 0.5) is 0 Å². The maximum Gasteiger partial charge on any atom is 0.236 e. The van der Waals surface area contributed by atoms with Crippen molar-refractivity contribution >= 4 is 17.7 Å². The molecule has 51 heavy (non-hydrogen) atoms. The third-order valence-corrected chi connectivity index (χ3v) is 11.5. The Balaban J connectivity index is 1.25. The van der Waals surface area contributed by atoms with Crippen LogP contribution in [-0.2, 0) is 14.2 Å². The Morgan fingerprint density at radius 1 is 0.353 bits per heavy atom. The minimum atomic E-state index is -0.426. The van der Waals surface area contributed by atoms with Crippen LogP contribution in [0.2, 0.25) is 0 Å². The van der Waals surface area contributed by atoms with Gasteiger partial charge in [-0.25, -0.2) is 15.0 Å². The lowest BCUT2D eigenvalue weighted by Crippen LogP contribution is -2.41. The zero-order valence-corrected chi connectivity index (χ0v) is 31.8. The van der Waals surface area contributed by atoms with E-state index >= 15 is 0 Å². The topological polar surface area (TPSA) is 103 Å². The van der Waals surface area contributed by atoms with Gasteiger partial charge in [-0.05, 0) is 136 Å². The summed E-state index contributed by atoms with van der Waals surface area (Å²) in [6, 6.07) is 18.6. The maximum absolute atomic E-state index is 6.23. The van der Waals surface area contributed by atoms with E-state index in [1.54, 1.807) is 0 Å². The molecular weight excluding hydrogens is 637 g/mol. The lowest BCUT2D eigenvalue weighted by atomic mass is 9.87. The first-order valence-corrected chi connectivity index (χ1v) is 17.6. The largest absolute Gasteiger partial charge is 0.468 e. The van der Waals surface area contributed by atoms with Gasteiger partial charge in [0.15, 0.2) is 0 Å². The van der Waals surface area contributed by atoms with Crippen LogP contribution in [0.3, 0.4) is 0 Å². The standard InChI is InChI=1S/C42H48N6O3/c1-37(2)40(7,8)49-34(46-37)31-16-13-25(22-43-31)28-19-29(26-14-17-32(44-23-26)35-47-38(3,4)41(9,10)50-35)21-30(20-28)27-15-18-33(45-24-27)36-48-39(5,6)42(11,12)51-36/h13-24H,1-12H3. The van der Waals surface area contributed by atoms with Gasteiger partial charge in [-0.2, -0.15) is 0 Å². The second kappa shape index (κ2) is 11.3. The maximum atomic E-state index is 6.23. The molecule has 0 saturated heterocycles. The molecule has 0 fully saturated rings. The van der Waals surface area contributed by atoms with E-state index in [0.717, 1.165) is 33.4 Å². The highest BCUT2D eigenvalue weighted by Crippen LogP contribution is 2.39. The molecule has 0 amide bonds. The van der Waals surface area contributed by atoms with Gasteiger partial charge in [0.05, 0.1) is 16.6 Å². The zero-order chi connectivity index (χ0) is 36.8. The molecule has 4 aromatic rings. The molecule has 0 unspecified atom stereocenters. The fraction of sp³-hybridized carbons (Fsp3) is 0.429. The number of ether oxygens (including phenoxy) is 3. The summed E-state index contributed by atoms with van der Waals surface area (Å²) in [4.78, 5) is 28.9. The number of hydrogen-bond acceptors (Lipinski definition) is 9. The highest BCUT2D eigenvalue weighted by Gasteiger charge is 2.47. The van der Waals surface area contributed by atoms with Crippen LogP contribution < -0.4 is 0 Å². The van der Waals surface area contributed by atoms with Crippen LogP contribution in [0.25, 0.3) is 33.4 Å². The zero-order valence-electron chi connectivity index (χ0n) is 31.8. The second-order valence-electron chi connectivity index (χ2n) is 16.9. The van der Waals surface area contributed by atoms with Gasteiger partial charge in [0.25, 0.3) is 0 Å². The summed E-state index contributed by atoms with van der Waals surface area (Å²) in [6.07, 6.45) is 5.63. The van der Waals surface area contributed by atoms with Gasteiger partial charge in [-0.3, -0.25) is 15.0 Å². The van der Waals surface area contributed by atoms with E-state index in [9.17, 15) is 0 Å². The molecule has 0 N–H and O–H groups in total. The molecule has 7 rings (SSSR count). The minimum absolute atomic E-state index is 0.356. The van der Waals surface area contributed by atoms with Gasteiger partial charge < -0.3 is 14.2 Å². The van der Waals surface area contributed by atoms with Gasteiger partial charge in [0.1, 0.15) is 33.9 Å². The summed E-state index contributed by atoms with van der Waals surface area (Å²) in [6.45, 7) is 24.8. The number of aliphatic imine (C=N–C) groups is 3. The molecule has 3 aromatic heterocycles. The summed E-state index contributed by atoms with van der Waals surface area (Å²) in [5, 5.41) is 0. The molecule has 264 valence electrons. The highest BCUT2D eigenvalue weighted by molar-refractivity contribution is 5.96. The summed E-state index contributed by atoms with van der Waals surface area (Å²) >= 11 is 0. The fourth-order valence-electron chi connectivity index (χ4n) is 5.86. The SMILES string of the molecule is CC1(C)N=C(c2ccc(-c3cc(-c4ccc(C5=NC(C)(C)C(C)(C)O5)nc4)cc(-c4ccc(C5=NC(C)(C)C(C)(C)O5)nc4)c3)cn2)OC1(C)C. The number of aromatic nitrogens is 3. The molecule has 3 aliphatic heterocycles. The van der Waals surface area contributed by atoms with Crippen molar-refractivity contribution in [1.82, 2.24) is 15.0 Å². The van der Waals surface area contributed by atoms with E-state index < -0.39 is 16.8 Å². The molecule has 0 atom stereocenters. The molecule has 6 heterocycles. The number of nitrogens with zero attached hydrogens (tertiary/aromatic N) is 6. The van der Waals surface area contributed by atoms with E-state index in [4.69, 9.17) is 44.1 Å². The van der Waals surface area contributed by atoms with E-state index in [1.165, 1.54) is 0 Å². The van der Waals surface area contributed by atoms with E-state index in [1.807, 2.05) is 36.8 Å². The molecule has 9 heteroatoms. The van der Waals surface area contributed by atoms with Crippen molar-refractivity contribution in [2.45, 2.75) is 117 Å². The van der Waals surface area contributed by atoms with Gasteiger partial charge in [-0.15, -0.1) is 0 Å². The smallest absolute Gasteiger partial charge is 0.236 e. The first kappa shape index (κ1) is 34.5. The van der Waals surface area contributed by atoms with E-state index in [2.05, 4.69) is 119 Å². The summed E-state index contributed by atoms with van der Waals surface area (Å²) in [5.74, 6) is 1.69. The van der Waals surface area contributed by atoms with Gasteiger partial charge in [-0.1, -0.05) is 18.2 Å². The van der Waals surface area contributed by atoms with Crippen molar-refractivity contribution in [2.24, 2.45) is 15.0 Å². The number of hydrogen-bond donors (Lipinski definition) is 0. The molecule has 0 radical (unpaired) electrons. The lowest BCUT2D eigenvalue weighted by molar-refractivity contribution is 0.0616.